The van der Waals surface area contributed by atoms with E-state index in [1.165, 1.54) is 0 Å². The third kappa shape index (κ3) is 3.31. The highest BCUT2D eigenvalue weighted by molar-refractivity contribution is 5.44. The van der Waals surface area contributed by atoms with Gasteiger partial charge in [-0.2, -0.15) is 0 Å². The number of likely N-dealkylation sites (N-methyl/N-ethyl adjacent to an activating group) is 1. The van der Waals surface area contributed by atoms with Crippen molar-refractivity contribution in [2.75, 3.05) is 39.5 Å². The summed E-state index contributed by atoms with van der Waals surface area (Å²) in [7, 11) is 0. The van der Waals surface area contributed by atoms with Crippen molar-refractivity contribution in [2.24, 2.45) is 0 Å². The van der Waals surface area contributed by atoms with Crippen molar-refractivity contribution in [2.45, 2.75) is 25.6 Å². The Kier molecular flexibility index (Phi) is 4.63. The molecule has 0 radical (unpaired) electrons. The van der Waals surface area contributed by atoms with Gasteiger partial charge in [0.2, 0.25) is 0 Å². The predicted octanol–water partition coefficient (Wildman–Crippen LogP) is 1.60. The van der Waals surface area contributed by atoms with Crippen molar-refractivity contribution >= 4 is 0 Å². The Morgan fingerprint density at radius 1 is 1.24 bits per heavy atom. The Balaban J connectivity index is 1.75. The summed E-state index contributed by atoms with van der Waals surface area (Å²) in [6.45, 7) is 6.78. The molecule has 0 aromatic heterocycles. The molecule has 116 valence electrons. The molecular formula is C16H23NO4. The van der Waals surface area contributed by atoms with Gasteiger partial charge in [-0.1, -0.05) is 13.0 Å². The lowest BCUT2D eigenvalue weighted by Gasteiger charge is -2.34. The molecule has 1 fully saturated rings. The van der Waals surface area contributed by atoms with Crippen molar-refractivity contribution < 1.29 is 19.3 Å². The smallest absolute Gasteiger partial charge is 0.161 e. The molecule has 0 amide bonds. The van der Waals surface area contributed by atoms with E-state index in [-0.39, 0.29) is 6.10 Å². The molecule has 2 heterocycles. The first-order valence-corrected chi connectivity index (χ1v) is 7.69. The van der Waals surface area contributed by atoms with E-state index < -0.39 is 6.10 Å². The zero-order valence-electron chi connectivity index (χ0n) is 12.5. The van der Waals surface area contributed by atoms with Gasteiger partial charge in [-0.15, -0.1) is 0 Å². The molecule has 5 nitrogen and oxygen atoms in total. The normalized spacial score (nSPS) is 24.4. The fourth-order valence-corrected chi connectivity index (χ4v) is 2.79. The van der Waals surface area contributed by atoms with Gasteiger partial charge in [0.25, 0.3) is 0 Å². The molecule has 0 aliphatic carbocycles. The van der Waals surface area contributed by atoms with E-state index in [9.17, 15) is 5.11 Å². The zero-order valence-corrected chi connectivity index (χ0v) is 12.5. The molecule has 0 bridgehead atoms. The van der Waals surface area contributed by atoms with E-state index in [2.05, 4.69) is 11.8 Å². The van der Waals surface area contributed by atoms with Gasteiger partial charge in [-0.3, -0.25) is 4.90 Å². The van der Waals surface area contributed by atoms with Crippen LogP contribution in [0.1, 0.15) is 25.0 Å². The van der Waals surface area contributed by atoms with Crippen LogP contribution in [0.15, 0.2) is 18.2 Å². The second-order valence-corrected chi connectivity index (χ2v) is 5.50. The van der Waals surface area contributed by atoms with E-state index in [0.717, 1.165) is 37.4 Å². The highest BCUT2D eigenvalue weighted by atomic mass is 16.5. The van der Waals surface area contributed by atoms with Crippen molar-refractivity contribution in [1.29, 1.82) is 0 Å². The number of ether oxygens (including phenoxy) is 3. The fraction of sp³-hybridized carbons (Fsp3) is 0.625. The van der Waals surface area contributed by atoms with Gasteiger partial charge >= 0.3 is 0 Å². The summed E-state index contributed by atoms with van der Waals surface area (Å²) in [6.07, 6.45) is 0.0454. The molecule has 21 heavy (non-hydrogen) atoms. The summed E-state index contributed by atoms with van der Waals surface area (Å²) < 4.78 is 17.0. The quantitative estimate of drug-likeness (QED) is 0.917. The lowest BCUT2D eigenvalue weighted by atomic mass is 10.0. The van der Waals surface area contributed by atoms with Gasteiger partial charge < -0.3 is 19.3 Å². The Labute approximate surface area is 125 Å². The van der Waals surface area contributed by atoms with Crippen LogP contribution in [0.4, 0.5) is 0 Å². The van der Waals surface area contributed by atoms with Crippen LogP contribution in [0.5, 0.6) is 11.5 Å². The SMILES string of the molecule is CCN1CCOC(C(O)c2ccc3c(c2)OCCCO3)C1. The molecule has 1 aromatic rings. The molecule has 2 unspecified atom stereocenters. The second-order valence-electron chi connectivity index (χ2n) is 5.50. The van der Waals surface area contributed by atoms with Gasteiger partial charge in [0, 0.05) is 19.5 Å². The molecule has 2 aliphatic rings. The van der Waals surface area contributed by atoms with E-state index in [4.69, 9.17) is 14.2 Å². The first-order valence-electron chi connectivity index (χ1n) is 7.69. The summed E-state index contributed by atoms with van der Waals surface area (Å²) in [4.78, 5) is 2.29. The summed E-state index contributed by atoms with van der Waals surface area (Å²) in [5.74, 6) is 1.47. The summed E-state index contributed by atoms with van der Waals surface area (Å²) >= 11 is 0. The number of aliphatic hydroxyl groups is 1. The molecule has 1 aromatic carbocycles. The van der Waals surface area contributed by atoms with Crippen LogP contribution in [0.25, 0.3) is 0 Å². The first kappa shape index (κ1) is 14.6. The Bertz CT molecular complexity index is 479. The van der Waals surface area contributed by atoms with Crippen molar-refractivity contribution in [3.63, 3.8) is 0 Å². The van der Waals surface area contributed by atoms with Crippen LogP contribution in [0.3, 0.4) is 0 Å². The molecule has 1 saturated heterocycles. The maximum absolute atomic E-state index is 10.6. The average molecular weight is 293 g/mol. The lowest BCUT2D eigenvalue weighted by molar-refractivity contribution is -0.0889. The maximum Gasteiger partial charge on any atom is 0.161 e. The van der Waals surface area contributed by atoms with E-state index in [1.54, 1.807) is 0 Å². The third-order valence-electron chi connectivity index (χ3n) is 4.09. The number of hydrogen-bond acceptors (Lipinski definition) is 5. The van der Waals surface area contributed by atoms with E-state index in [0.29, 0.717) is 25.6 Å². The zero-order chi connectivity index (χ0) is 14.7. The molecule has 0 saturated carbocycles. The number of fused-ring (bicyclic) bond motifs is 1. The number of aliphatic hydroxyl groups excluding tert-OH is 1. The van der Waals surface area contributed by atoms with Crippen LogP contribution in [0, 0.1) is 0 Å². The van der Waals surface area contributed by atoms with Crippen LogP contribution in [-0.2, 0) is 4.74 Å². The van der Waals surface area contributed by atoms with Gasteiger partial charge in [0.05, 0.1) is 19.8 Å². The summed E-state index contributed by atoms with van der Waals surface area (Å²) in [6, 6.07) is 5.64. The minimum Gasteiger partial charge on any atom is -0.490 e. The second kappa shape index (κ2) is 6.64. The van der Waals surface area contributed by atoms with Gasteiger partial charge in [0.15, 0.2) is 11.5 Å². The number of rotatable bonds is 3. The molecule has 5 heteroatoms. The molecule has 1 N–H and O–H groups in total. The fourth-order valence-electron chi connectivity index (χ4n) is 2.79. The van der Waals surface area contributed by atoms with Gasteiger partial charge in [-0.05, 0) is 24.2 Å². The number of nitrogens with zero attached hydrogens (tertiary/aromatic N) is 1. The molecule has 3 rings (SSSR count). The Hall–Kier alpha value is -1.30. The highest BCUT2D eigenvalue weighted by Crippen LogP contribution is 2.33. The predicted molar refractivity (Wildman–Crippen MR) is 78.9 cm³/mol. The summed E-state index contributed by atoms with van der Waals surface area (Å²) in [5, 5.41) is 10.6. The third-order valence-corrected chi connectivity index (χ3v) is 4.09. The van der Waals surface area contributed by atoms with Crippen molar-refractivity contribution in [3.8, 4) is 11.5 Å². The van der Waals surface area contributed by atoms with E-state index >= 15 is 0 Å². The van der Waals surface area contributed by atoms with Crippen molar-refractivity contribution in [3.05, 3.63) is 23.8 Å². The largest absolute Gasteiger partial charge is 0.490 e. The van der Waals surface area contributed by atoms with Crippen LogP contribution >= 0.6 is 0 Å². The molecular weight excluding hydrogens is 270 g/mol. The molecule has 2 aliphatic heterocycles. The topological polar surface area (TPSA) is 51.2 Å². The molecule has 0 spiro atoms. The van der Waals surface area contributed by atoms with E-state index in [1.807, 2.05) is 18.2 Å². The van der Waals surface area contributed by atoms with Crippen LogP contribution in [0.2, 0.25) is 0 Å². The lowest BCUT2D eigenvalue weighted by Crippen LogP contribution is -2.44. The van der Waals surface area contributed by atoms with Crippen molar-refractivity contribution in [1.82, 2.24) is 4.90 Å². The Morgan fingerprint density at radius 2 is 2.05 bits per heavy atom. The number of morpholine rings is 1. The van der Waals surface area contributed by atoms with Gasteiger partial charge in [-0.25, -0.2) is 0 Å². The Morgan fingerprint density at radius 3 is 2.86 bits per heavy atom. The summed E-state index contributed by atoms with van der Waals surface area (Å²) in [5.41, 5.74) is 0.821. The first-order chi connectivity index (χ1) is 10.3. The van der Waals surface area contributed by atoms with Crippen LogP contribution < -0.4 is 9.47 Å². The highest BCUT2D eigenvalue weighted by Gasteiger charge is 2.28. The molecule has 2 atom stereocenters. The number of hydrogen-bond donors (Lipinski definition) is 1. The minimum absolute atomic E-state index is 0.191. The van der Waals surface area contributed by atoms with Gasteiger partial charge in [0.1, 0.15) is 12.2 Å². The standard InChI is InChI=1S/C16H23NO4/c1-2-17-6-9-21-15(11-17)16(18)12-4-5-13-14(10-12)20-8-3-7-19-13/h4-5,10,15-16,18H,2-3,6-9,11H2,1H3. The number of benzene rings is 1. The van der Waals surface area contributed by atoms with Crippen LogP contribution in [-0.4, -0.2) is 55.6 Å². The maximum atomic E-state index is 10.6. The average Bonchev–Trinajstić information content (AvgIpc) is 2.78. The monoisotopic (exact) mass is 293 g/mol. The minimum atomic E-state index is -0.642.